The molecule has 0 saturated carbocycles. The molecule has 1 aliphatic rings. The van der Waals surface area contributed by atoms with Crippen molar-refractivity contribution < 1.29 is 21.6 Å². The van der Waals surface area contributed by atoms with Gasteiger partial charge in [0.05, 0.1) is 9.79 Å². The van der Waals surface area contributed by atoms with Crippen molar-refractivity contribution in [2.45, 2.75) is 28.0 Å². The average Bonchev–Trinajstić information content (AvgIpc) is 2.67. The zero-order valence-corrected chi connectivity index (χ0v) is 16.7. The average molecular weight is 410 g/mol. The second-order valence-corrected chi connectivity index (χ2v) is 10.6. The van der Waals surface area contributed by atoms with Gasteiger partial charge in [-0.1, -0.05) is 30.3 Å². The van der Waals surface area contributed by atoms with Gasteiger partial charge in [-0.2, -0.15) is 0 Å². The molecule has 2 aromatic carbocycles. The molecule has 1 saturated heterocycles. The molecule has 0 aromatic heterocycles. The van der Waals surface area contributed by atoms with Gasteiger partial charge in [0.2, 0.25) is 10.0 Å². The first-order valence-electron chi connectivity index (χ1n) is 8.66. The molecule has 3 rings (SSSR count). The fourth-order valence-electron chi connectivity index (χ4n) is 3.30. The number of nitrogens with one attached hydrogen (secondary N) is 1. The lowest BCUT2D eigenvalue weighted by Crippen LogP contribution is -2.44. The van der Waals surface area contributed by atoms with Crippen LogP contribution in [0.15, 0.2) is 64.4 Å². The maximum absolute atomic E-state index is 12.7. The Balaban J connectivity index is 1.82. The van der Waals surface area contributed by atoms with Crippen molar-refractivity contribution >= 4 is 19.9 Å². The number of rotatable bonds is 6. The maximum atomic E-state index is 12.7. The number of hydrogen-bond donors (Lipinski definition) is 1. The molecule has 0 radical (unpaired) electrons. The molecule has 2 aromatic rings. The van der Waals surface area contributed by atoms with Gasteiger partial charge in [0.15, 0.2) is 9.84 Å². The Kier molecular flexibility index (Phi) is 5.71. The molecule has 1 heterocycles. The minimum absolute atomic E-state index is 0.0465. The molecular weight excluding hydrogens is 386 g/mol. The lowest BCUT2D eigenvalue weighted by Gasteiger charge is -2.37. The van der Waals surface area contributed by atoms with Crippen LogP contribution in [0, 0.1) is 0 Å². The van der Waals surface area contributed by atoms with Gasteiger partial charge in [0.1, 0.15) is 0 Å². The SMILES string of the molecule is CS(=O)(=O)c1ccc(S(=O)(=O)NCC2(c3ccccc3)CCOCC2)cc1. The van der Waals surface area contributed by atoms with Gasteiger partial charge in [-0.3, -0.25) is 0 Å². The highest BCUT2D eigenvalue weighted by Crippen LogP contribution is 2.34. The molecule has 1 aliphatic heterocycles. The first-order chi connectivity index (χ1) is 12.7. The van der Waals surface area contributed by atoms with E-state index in [1.165, 1.54) is 24.3 Å². The van der Waals surface area contributed by atoms with E-state index in [2.05, 4.69) is 4.72 Å². The van der Waals surface area contributed by atoms with Crippen LogP contribution in [0.1, 0.15) is 18.4 Å². The van der Waals surface area contributed by atoms with Crippen LogP contribution in [0.4, 0.5) is 0 Å². The van der Waals surface area contributed by atoms with Gasteiger partial charge in [0.25, 0.3) is 0 Å². The van der Waals surface area contributed by atoms with E-state index in [0.717, 1.165) is 24.7 Å². The van der Waals surface area contributed by atoms with Crippen LogP contribution in [0.3, 0.4) is 0 Å². The largest absolute Gasteiger partial charge is 0.381 e. The third kappa shape index (κ3) is 4.57. The number of ether oxygens (including phenoxy) is 1. The van der Waals surface area contributed by atoms with Crippen LogP contribution in [0.25, 0.3) is 0 Å². The minimum Gasteiger partial charge on any atom is -0.381 e. The van der Waals surface area contributed by atoms with Crippen molar-refractivity contribution in [2.75, 3.05) is 26.0 Å². The van der Waals surface area contributed by atoms with Crippen molar-refractivity contribution in [2.24, 2.45) is 0 Å². The van der Waals surface area contributed by atoms with E-state index >= 15 is 0 Å². The molecule has 0 unspecified atom stereocenters. The summed E-state index contributed by atoms with van der Waals surface area (Å²) in [5.74, 6) is 0. The highest BCUT2D eigenvalue weighted by atomic mass is 32.2. The Morgan fingerprint density at radius 3 is 2.00 bits per heavy atom. The summed E-state index contributed by atoms with van der Waals surface area (Å²) in [6.07, 6.45) is 2.54. The standard InChI is InChI=1S/C19H23NO5S2/c1-26(21,22)17-7-9-18(10-8-17)27(23,24)20-15-19(11-13-25-14-12-19)16-5-3-2-4-6-16/h2-10,20H,11-15H2,1H3. The van der Waals surface area contributed by atoms with Crippen LogP contribution in [0.2, 0.25) is 0 Å². The molecule has 0 spiro atoms. The molecule has 0 bridgehead atoms. The Labute approximate surface area is 160 Å². The van der Waals surface area contributed by atoms with Gasteiger partial charge in [-0.25, -0.2) is 21.6 Å². The van der Waals surface area contributed by atoms with Gasteiger partial charge in [0, 0.05) is 31.4 Å². The molecule has 0 amide bonds. The zero-order valence-electron chi connectivity index (χ0n) is 15.1. The number of sulfonamides is 1. The van der Waals surface area contributed by atoms with Crippen molar-refractivity contribution in [3.63, 3.8) is 0 Å². The Hall–Kier alpha value is -1.74. The number of benzene rings is 2. The van der Waals surface area contributed by atoms with E-state index in [4.69, 9.17) is 4.74 Å². The highest BCUT2D eigenvalue weighted by Gasteiger charge is 2.35. The van der Waals surface area contributed by atoms with E-state index in [0.29, 0.717) is 13.2 Å². The Bertz CT molecular complexity index is 978. The lowest BCUT2D eigenvalue weighted by molar-refractivity contribution is 0.0517. The maximum Gasteiger partial charge on any atom is 0.240 e. The third-order valence-electron chi connectivity index (χ3n) is 5.00. The van der Waals surface area contributed by atoms with E-state index < -0.39 is 19.9 Å². The van der Waals surface area contributed by atoms with Crippen molar-refractivity contribution in [3.05, 3.63) is 60.2 Å². The quantitative estimate of drug-likeness (QED) is 0.789. The zero-order chi connectivity index (χ0) is 19.5. The van der Waals surface area contributed by atoms with Gasteiger partial charge in [-0.15, -0.1) is 0 Å². The lowest BCUT2D eigenvalue weighted by atomic mass is 9.74. The second kappa shape index (κ2) is 7.71. The molecule has 1 N–H and O–H groups in total. The summed E-state index contributed by atoms with van der Waals surface area (Å²) in [6.45, 7) is 1.43. The fourth-order valence-corrected chi connectivity index (χ4v) is 5.06. The van der Waals surface area contributed by atoms with E-state index in [9.17, 15) is 16.8 Å². The highest BCUT2D eigenvalue weighted by molar-refractivity contribution is 7.90. The van der Waals surface area contributed by atoms with Crippen LogP contribution in [0.5, 0.6) is 0 Å². The molecule has 27 heavy (non-hydrogen) atoms. The molecule has 0 atom stereocenters. The van der Waals surface area contributed by atoms with E-state index in [1.807, 2.05) is 30.3 Å². The smallest absolute Gasteiger partial charge is 0.240 e. The Morgan fingerprint density at radius 1 is 0.889 bits per heavy atom. The van der Waals surface area contributed by atoms with Crippen molar-refractivity contribution in [1.29, 1.82) is 0 Å². The predicted molar refractivity (Wildman–Crippen MR) is 103 cm³/mol. The molecular formula is C19H23NO5S2. The van der Waals surface area contributed by atoms with E-state index in [-0.39, 0.29) is 21.8 Å². The topological polar surface area (TPSA) is 89.5 Å². The third-order valence-corrected chi connectivity index (χ3v) is 7.54. The molecule has 0 aliphatic carbocycles. The van der Waals surface area contributed by atoms with Gasteiger partial charge >= 0.3 is 0 Å². The van der Waals surface area contributed by atoms with Crippen LogP contribution < -0.4 is 4.72 Å². The minimum atomic E-state index is -3.75. The second-order valence-electron chi connectivity index (χ2n) is 6.83. The summed E-state index contributed by atoms with van der Waals surface area (Å²) in [5, 5.41) is 0. The van der Waals surface area contributed by atoms with Crippen LogP contribution in [-0.4, -0.2) is 42.8 Å². The molecule has 1 fully saturated rings. The summed E-state index contributed by atoms with van der Waals surface area (Å²) in [5.41, 5.74) is 0.766. The van der Waals surface area contributed by atoms with Gasteiger partial charge in [-0.05, 0) is 42.7 Å². The van der Waals surface area contributed by atoms with Crippen molar-refractivity contribution in [3.8, 4) is 0 Å². The summed E-state index contributed by atoms with van der Waals surface area (Å²) < 4.78 is 56.7. The van der Waals surface area contributed by atoms with Crippen LogP contribution >= 0.6 is 0 Å². The normalized spacial score (nSPS) is 17.5. The number of sulfone groups is 1. The monoisotopic (exact) mass is 409 g/mol. The molecule has 6 nitrogen and oxygen atoms in total. The predicted octanol–water partition coefficient (Wildman–Crippen LogP) is 2.12. The van der Waals surface area contributed by atoms with Crippen molar-refractivity contribution in [1.82, 2.24) is 4.72 Å². The number of hydrogen-bond acceptors (Lipinski definition) is 5. The van der Waals surface area contributed by atoms with Crippen LogP contribution in [-0.2, 0) is 30.0 Å². The summed E-state index contributed by atoms with van der Waals surface area (Å²) in [7, 11) is -7.12. The first-order valence-corrected chi connectivity index (χ1v) is 12.0. The summed E-state index contributed by atoms with van der Waals surface area (Å²) >= 11 is 0. The Morgan fingerprint density at radius 2 is 1.44 bits per heavy atom. The van der Waals surface area contributed by atoms with E-state index in [1.54, 1.807) is 0 Å². The fraction of sp³-hybridized carbons (Fsp3) is 0.368. The summed E-state index contributed by atoms with van der Waals surface area (Å²) in [6, 6.07) is 15.1. The summed E-state index contributed by atoms with van der Waals surface area (Å²) in [4.78, 5) is 0.136. The first kappa shape index (κ1) is 20.0. The van der Waals surface area contributed by atoms with Gasteiger partial charge < -0.3 is 4.74 Å². The molecule has 8 heteroatoms. The molecule has 146 valence electrons.